The maximum Gasteiger partial charge on any atom is 0.0791 e. The highest BCUT2D eigenvalue weighted by Gasteiger charge is 1.98. The van der Waals surface area contributed by atoms with Crippen molar-refractivity contribution in [1.82, 2.24) is 4.98 Å². The fourth-order valence-corrected chi connectivity index (χ4v) is 2.31. The molecule has 0 fully saturated rings. The molecule has 0 atom stereocenters. The summed E-state index contributed by atoms with van der Waals surface area (Å²) in [4.78, 5) is 3.74. The number of hydrogen-bond donors (Lipinski definition) is 0. The molecule has 2 aromatic carbocycles. The molecule has 100 valence electrons. The number of rotatable bonds is 1. The molecule has 1 aromatic heterocycles. The molecule has 0 saturated carbocycles. The van der Waals surface area contributed by atoms with Gasteiger partial charge >= 0.3 is 0 Å². The lowest BCUT2D eigenvalue weighted by Gasteiger charge is -2.05. The van der Waals surface area contributed by atoms with Gasteiger partial charge in [-0.25, -0.2) is 0 Å². The van der Waals surface area contributed by atoms with Gasteiger partial charge in [0, 0.05) is 11.6 Å². The topological polar surface area (TPSA) is 12.9 Å². The molecule has 0 bridgehead atoms. The molecule has 3 heteroatoms. The van der Waals surface area contributed by atoms with Gasteiger partial charge in [-0.05, 0) is 35.2 Å². The van der Waals surface area contributed by atoms with Crippen molar-refractivity contribution in [2.45, 2.75) is 20.3 Å². The Balaban J connectivity index is 0.000000256. The first-order valence-corrected chi connectivity index (χ1v) is 7.06. The number of fused-ring (bicyclic) bond motifs is 1. The Bertz CT molecular complexity index is 588. The summed E-state index contributed by atoms with van der Waals surface area (Å²) in [7, 11) is 0. The van der Waals surface area contributed by atoms with E-state index in [1.54, 1.807) is 23.0 Å². The van der Waals surface area contributed by atoms with Crippen molar-refractivity contribution in [2.75, 3.05) is 0 Å². The third-order valence-corrected chi connectivity index (χ3v) is 3.45. The molecule has 0 unspecified atom stereocenters. The second kappa shape index (κ2) is 8.27. The van der Waals surface area contributed by atoms with Gasteiger partial charge in [-0.3, -0.25) is 4.98 Å². The van der Waals surface area contributed by atoms with E-state index < -0.39 is 0 Å². The minimum Gasteiger partial charge on any atom is -0.253 e. The van der Waals surface area contributed by atoms with Gasteiger partial charge in [0.25, 0.3) is 0 Å². The SMILES string of the molecule is CCc1cc2ccccc2cc1C.I.c1cscn1. The summed E-state index contributed by atoms with van der Waals surface area (Å²) in [6, 6.07) is 13.1. The van der Waals surface area contributed by atoms with Crippen LogP contribution in [0.3, 0.4) is 0 Å². The zero-order valence-electron chi connectivity index (χ0n) is 11.2. The number of thiazole rings is 1. The molecule has 0 saturated heterocycles. The Morgan fingerprint density at radius 1 is 1.11 bits per heavy atom. The number of aromatic nitrogens is 1. The highest BCUT2D eigenvalue weighted by molar-refractivity contribution is 14.0. The smallest absolute Gasteiger partial charge is 0.0791 e. The quantitative estimate of drug-likeness (QED) is 0.508. The first-order chi connectivity index (χ1) is 8.81. The molecule has 0 amide bonds. The van der Waals surface area contributed by atoms with Crippen LogP contribution < -0.4 is 0 Å². The molecule has 1 nitrogen and oxygen atoms in total. The Morgan fingerprint density at radius 3 is 2.26 bits per heavy atom. The van der Waals surface area contributed by atoms with Crippen LogP contribution in [0.1, 0.15) is 18.1 Å². The van der Waals surface area contributed by atoms with Crippen molar-refractivity contribution in [3.8, 4) is 0 Å². The molecule has 0 aliphatic heterocycles. The van der Waals surface area contributed by atoms with Crippen LogP contribution in [0.5, 0.6) is 0 Å². The van der Waals surface area contributed by atoms with E-state index in [1.165, 1.54) is 21.9 Å². The molecule has 0 aliphatic rings. The maximum atomic E-state index is 3.74. The first kappa shape index (κ1) is 16.1. The fourth-order valence-electron chi connectivity index (χ4n) is 1.96. The minimum absolute atomic E-state index is 0. The number of hydrogen-bond acceptors (Lipinski definition) is 2. The fraction of sp³-hybridized carbons (Fsp3) is 0.188. The van der Waals surface area contributed by atoms with Crippen molar-refractivity contribution in [3.63, 3.8) is 0 Å². The van der Waals surface area contributed by atoms with Crippen molar-refractivity contribution in [3.05, 3.63) is 64.6 Å². The minimum atomic E-state index is 0. The predicted molar refractivity (Wildman–Crippen MR) is 95.6 cm³/mol. The summed E-state index contributed by atoms with van der Waals surface area (Å²) in [6.07, 6.45) is 2.89. The molecule has 19 heavy (non-hydrogen) atoms. The van der Waals surface area contributed by atoms with Gasteiger partial charge in [-0.1, -0.05) is 43.3 Å². The Morgan fingerprint density at radius 2 is 1.79 bits per heavy atom. The lowest BCUT2D eigenvalue weighted by molar-refractivity contribution is 1.12. The number of aryl methyl sites for hydroxylation is 2. The lowest BCUT2D eigenvalue weighted by atomic mass is 10.0. The van der Waals surface area contributed by atoms with Gasteiger partial charge in [0.05, 0.1) is 5.51 Å². The van der Waals surface area contributed by atoms with Crippen LogP contribution in [0, 0.1) is 6.92 Å². The maximum absolute atomic E-state index is 3.74. The number of benzene rings is 2. The van der Waals surface area contributed by atoms with Crippen LogP contribution in [-0.4, -0.2) is 4.98 Å². The van der Waals surface area contributed by atoms with E-state index in [0.717, 1.165) is 6.42 Å². The van der Waals surface area contributed by atoms with Gasteiger partial charge in [-0.15, -0.1) is 35.3 Å². The standard InChI is InChI=1S/C13H14.C3H3NS.HI/c1-3-11-9-13-7-5-4-6-12(13)8-10(11)2;1-2-5-3-4-1;/h4-9H,3H2,1-2H3;1-3H;1H. The van der Waals surface area contributed by atoms with Gasteiger partial charge in [0.2, 0.25) is 0 Å². The molecular weight excluding hydrogens is 365 g/mol. The predicted octanol–water partition coefficient (Wildman–Crippen LogP) is 5.47. The number of halogens is 1. The Kier molecular flexibility index (Phi) is 7.02. The Hall–Kier alpha value is -0.940. The monoisotopic (exact) mass is 383 g/mol. The molecule has 0 aliphatic carbocycles. The van der Waals surface area contributed by atoms with Crippen LogP contribution in [0.2, 0.25) is 0 Å². The zero-order chi connectivity index (χ0) is 12.8. The van der Waals surface area contributed by atoms with Crippen LogP contribution in [0.25, 0.3) is 10.8 Å². The average molecular weight is 383 g/mol. The zero-order valence-corrected chi connectivity index (χ0v) is 14.3. The third-order valence-electron chi connectivity index (χ3n) is 2.93. The first-order valence-electron chi connectivity index (χ1n) is 6.11. The highest BCUT2D eigenvalue weighted by Crippen LogP contribution is 2.19. The molecule has 0 radical (unpaired) electrons. The molecule has 3 rings (SSSR count). The summed E-state index contributed by atoms with van der Waals surface area (Å²) in [5.74, 6) is 0. The molecule has 0 N–H and O–H groups in total. The van der Waals surface area contributed by atoms with E-state index >= 15 is 0 Å². The van der Waals surface area contributed by atoms with Crippen molar-refractivity contribution in [1.29, 1.82) is 0 Å². The van der Waals surface area contributed by atoms with Crippen molar-refractivity contribution in [2.24, 2.45) is 0 Å². The Labute approximate surface area is 135 Å². The van der Waals surface area contributed by atoms with E-state index in [2.05, 4.69) is 55.2 Å². The summed E-state index contributed by atoms with van der Waals surface area (Å²) >= 11 is 1.60. The second-order valence-electron chi connectivity index (χ2n) is 4.16. The van der Waals surface area contributed by atoms with Gasteiger partial charge in [-0.2, -0.15) is 0 Å². The molecule has 0 spiro atoms. The van der Waals surface area contributed by atoms with Crippen LogP contribution in [0.4, 0.5) is 0 Å². The average Bonchev–Trinajstić information content (AvgIpc) is 2.97. The van der Waals surface area contributed by atoms with Crippen LogP contribution in [-0.2, 0) is 6.42 Å². The normalized spacial score (nSPS) is 9.37. The summed E-state index contributed by atoms with van der Waals surface area (Å²) in [5.41, 5.74) is 4.65. The molecule has 3 aromatic rings. The summed E-state index contributed by atoms with van der Waals surface area (Å²) in [5, 5.41) is 4.63. The lowest BCUT2D eigenvalue weighted by Crippen LogP contribution is -1.86. The van der Waals surface area contributed by atoms with E-state index in [9.17, 15) is 0 Å². The van der Waals surface area contributed by atoms with Crippen molar-refractivity contribution >= 4 is 46.1 Å². The van der Waals surface area contributed by atoms with Gasteiger partial charge in [0.15, 0.2) is 0 Å². The third kappa shape index (κ3) is 4.58. The van der Waals surface area contributed by atoms with Crippen molar-refractivity contribution < 1.29 is 0 Å². The van der Waals surface area contributed by atoms with E-state index in [0.29, 0.717) is 0 Å². The van der Waals surface area contributed by atoms with Crippen LogP contribution in [0.15, 0.2) is 53.5 Å². The molecule has 1 heterocycles. The summed E-state index contributed by atoms with van der Waals surface area (Å²) < 4.78 is 0. The molecular formula is C16H18INS. The van der Waals surface area contributed by atoms with E-state index in [4.69, 9.17) is 0 Å². The van der Waals surface area contributed by atoms with E-state index in [1.807, 2.05) is 5.38 Å². The van der Waals surface area contributed by atoms with Gasteiger partial charge < -0.3 is 0 Å². The van der Waals surface area contributed by atoms with E-state index in [-0.39, 0.29) is 24.0 Å². The second-order valence-corrected chi connectivity index (χ2v) is 4.91. The highest BCUT2D eigenvalue weighted by atomic mass is 127. The van der Waals surface area contributed by atoms with Crippen LogP contribution >= 0.6 is 35.3 Å². The summed E-state index contributed by atoms with van der Waals surface area (Å²) in [6.45, 7) is 4.39. The number of nitrogens with zero attached hydrogens (tertiary/aromatic N) is 1. The van der Waals surface area contributed by atoms with Gasteiger partial charge in [0.1, 0.15) is 0 Å². The largest absolute Gasteiger partial charge is 0.253 e.